The number of hydrogen-bond acceptors (Lipinski definition) is 3. The zero-order chi connectivity index (χ0) is 6.62. The molecule has 0 saturated carbocycles. The van der Waals surface area contributed by atoms with Crippen LogP contribution in [-0.2, 0) is 11.9 Å². The molecule has 8 heavy (non-hydrogen) atoms. The second kappa shape index (κ2) is 3.45. The van der Waals surface area contributed by atoms with Crippen molar-refractivity contribution in [2.45, 2.75) is 0 Å². The SMILES string of the molecule is C=COP(=O)(O)OI. The molecule has 0 rings (SSSR count). The number of phosphoric acid groups is 1. The molecule has 4 nitrogen and oxygen atoms in total. The zero-order valence-electron chi connectivity index (χ0n) is 3.78. The Kier molecular flexibility index (Phi) is 3.63. The van der Waals surface area contributed by atoms with Gasteiger partial charge in [0.15, 0.2) is 0 Å². The molecule has 0 aliphatic heterocycles. The van der Waals surface area contributed by atoms with Crippen molar-refractivity contribution in [3.05, 3.63) is 12.8 Å². The zero-order valence-corrected chi connectivity index (χ0v) is 6.83. The maximum Gasteiger partial charge on any atom is 0.536 e. The summed E-state index contributed by atoms with van der Waals surface area (Å²) in [7, 11) is -3.80. The average molecular weight is 250 g/mol. The summed E-state index contributed by atoms with van der Waals surface area (Å²) in [5, 5.41) is 0. The standard InChI is InChI=1S/C2H4IO4P/c1-2-6-8(4,5)7-3/h2H,1H2,(H,4,5). The number of rotatable bonds is 3. The first kappa shape index (κ1) is 8.42. The second-order valence-electron chi connectivity index (χ2n) is 0.810. The van der Waals surface area contributed by atoms with Crippen LogP contribution in [0, 0.1) is 0 Å². The van der Waals surface area contributed by atoms with Crippen molar-refractivity contribution < 1.29 is 16.8 Å². The Morgan fingerprint density at radius 3 is 2.50 bits per heavy atom. The lowest BCUT2D eigenvalue weighted by Gasteiger charge is -2.01. The van der Waals surface area contributed by atoms with Crippen molar-refractivity contribution in [2.75, 3.05) is 0 Å². The summed E-state index contributed by atoms with van der Waals surface area (Å²) in [6, 6.07) is 0. The largest absolute Gasteiger partial charge is 0.536 e. The van der Waals surface area contributed by atoms with Gasteiger partial charge >= 0.3 is 7.82 Å². The highest BCUT2D eigenvalue weighted by atomic mass is 127. The second-order valence-corrected chi connectivity index (χ2v) is 3.28. The molecule has 0 bridgehead atoms. The third-order valence-corrected chi connectivity index (χ3v) is 2.38. The molecule has 0 spiro atoms. The molecule has 0 aromatic rings. The minimum absolute atomic E-state index is 0.847. The Hall–Kier alpha value is 0.420. The monoisotopic (exact) mass is 250 g/mol. The predicted molar refractivity (Wildman–Crippen MR) is 36.2 cm³/mol. The number of halogens is 1. The van der Waals surface area contributed by atoms with E-state index < -0.39 is 7.82 Å². The summed E-state index contributed by atoms with van der Waals surface area (Å²) in [4.78, 5) is 8.36. The van der Waals surface area contributed by atoms with E-state index in [-0.39, 0.29) is 0 Å². The van der Waals surface area contributed by atoms with Gasteiger partial charge in [-0.2, -0.15) is 0 Å². The summed E-state index contributed by atoms with van der Waals surface area (Å²) in [5.74, 6) is 0. The van der Waals surface area contributed by atoms with Gasteiger partial charge in [-0.3, -0.25) is 4.89 Å². The van der Waals surface area contributed by atoms with E-state index in [1.54, 1.807) is 0 Å². The van der Waals surface area contributed by atoms with Crippen LogP contribution >= 0.6 is 30.8 Å². The number of hydrogen-bond donors (Lipinski definition) is 1. The summed E-state index contributed by atoms with van der Waals surface area (Å²) in [6.07, 6.45) is 0.847. The van der Waals surface area contributed by atoms with Gasteiger partial charge < -0.3 is 4.52 Å². The highest BCUT2D eigenvalue weighted by Crippen LogP contribution is 2.45. The minimum atomic E-state index is -3.80. The van der Waals surface area contributed by atoms with Crippen LogP contribution in [0.4, 0.5) is 0 Å². The van der Waals surface area contributed by atoms with Crippen LogP contribution in [0.2, 0.25) is 0 Å². The normalized spacial score (nSPS) is 16.8. The van der Waals surface area contributed by atoms with E-state index in [4.69, 9.17) is 4.89 Å². The van der Waals surface area contributed by atoms with Crippen LogP contribution in [-0.4, -0.2) is 4.89 Å². The third kappa shape index (κ3) is 3.43. The first-order chi connectivity index (χ1) is 3.62. The molecule has 0 aromatic carbocycles. The molecular weight excluding hydrogens is 246 g/mol. The van der Waals surface area contributed by atoms with E-state index in [1.165, 1.54) is 23.0 Å². The predicted octanol–water partition coefficient (Wildman–Crippen LogP) is 1.61. The summed E-state index contributed by atoms with van der Waals surface area (Å²) in [6.45, 7) is 3.06. The molecule has 6 heteroatoms. The summed E-state index contributed by atoms with van der Waals surface area (Å²) >= 11 is 1.27. The van der Waals surface area contributed by atoms with Gasteiger partial charge in [0, 0.05) is 0 Å². The van der Waals surface area contributed by atoms with E-state index in [1.807, 2.05) is 0 Å². The fraction of sp³-hybridized carbons (Fsp3) is 0. The maximum absolute atomic E-state index is 10.2. The third-order valence-electron chi connectivity index (χ3n) is 0.295. The lowest BCUT2D eigenvalue weighted by Crippen LogP contribution is -1.77. The Bertz CT molecular complexity index is 123. The number of phosphoric ester groups is 1. The fourth-order valence-electron chi connectivity index (χ4n) is 0.110. The Labute approximate surface area is 60.8 Å². The van der Waals surface area contributed by atoms with Gasteiger partial charge in [0.05, 0.1) is 6.26 Å². The smallest absolute Gasteiger partial charge is 0.412 e. The molecule has 1 unspecified atom stereocenters. The summed E-state index contributed by atoms with van der Waals surface area (Å²) < 4.78 is 18.2. The van der Waals surface area contributed by atoms with Gasteiger partial charge in [0.2, 0.25) is 0 Å². The lowest BCUT2D eigenvalue weighted by atomic mass is 11.2. The molecule has 0 saturated heterocycles. The van der Waals surface area contributed by atoms with Gasteiger partial charge in [-0.25, -0.2) is 7.42 Å². The van der Waals surface area contributed by atoms with Gasteiger partial charge in [-0.05, 0) is 0 Å². The van der Waals surface area contributed by atoms with Crippen LogP contribution in [0.5, 0.6) is 0 Å². The van der Waals surface area contributed by atoms with E-state index in [0.717, 1.165) is 6.26 Å². The molecule has 0 radical (unpaired) electrons. The topological polar surface area (TPSA) is 55.8 Å². The van der Waals surface area contributed by atoms with E-state index in [0.29, 0.717) is 0 Å². The Morgan fingerprint density at radius 2 is 2.38 bits per heavy atom. The van der Waals surface area contributed by atoms with Crippen molar-refractivity contribution in [1.29, 1.82) is 0 Å². The van der Waals surface area contributed by atoms with Crippen LogP contribution in [0.1, 0.15) is 0 Å². The van der Waals surface area contributed by atoms with Gasteiger partial charge in [0.1, 0.15) is 23.0 Å². The van der Waals surface area contributed by atoms with Gasteiger partial charge in [-0.15, -0.1) is 0 Å². The lowest BCUT2D eigenvalue weighted by molar-refractivity contribution is 0.291. The van der Waals surface area contributed by atoms with Crippen molar-refractivity contribution in [1.82, 2.24) is 0 Å². The molecule has 0 amide bonds. The molecule has 0 aromatic heterocycles. The van der Waals surface area contributed by atoms with Crippen molar-refractivity contribution in [2.24, 2.45) is 0 Å². The summed E-state index contributed by atoms with van der Waals surface area (Å²) in [5.41, 5.74) is 0. The molecule has 0 heterocycles. The van der Waals surface area contributed by atoms with Gasteiger partial charge in [-0.1, -0.05) is 6.58 Å². The van der Waals surface area contributed by atoms with E-state index in [9.17, 15) is 4.57 Å². The van der Waals surface area contributed by atoms with E-state index >= 15 is 0 Å². The van der Waals surface area contributed by atoms with Crippen LogP contribution < -0.4 is 0 Å². The Balaban J connectivity index is 3.72. The first-order valence-corrected chi connectivity index (χ1v) is 3.92. The molecule has 0 fully saturated rings. The van der Waals surface area contributed by atoms with Crippen LogP contribution in [0.3, 0.4) is 0 Å². The van der Waals surface area contributed by atoms with E-state index in [2.05, 4.69) is 14.0 Å². The van der Waals surface area contributed by atoms with Crippen molar-refractivity contribution in [3.8, 4) is 0 Å². The molecule has 48 valence electrons. The fourth-order valence-corrected chi connectivity index (χ4v) is 0.610. The highest BCUT2D eigenvalue weighted by Gasteiger charge is 2.17. The highest BCUT2D eigenvalue weighted by molar-refractivity contribution is 14.1. The van der Waals surface area contributed by atoms with Crippen LogP contribution in [0.25, 0.3) is 0 Å². The Morgan fingerprint density at radius 1 is 1.88 bits per heavy atom. The first-order valence-electron chi connectivity index (χ1n) is 1.55. The molecule has 0 aliphatic carbocycles. The minimum Gasteiger partial charge on any atom is -0.412 e. The van der Waals surface area contributed by atoms with Crippen molar-refractivity contribution >= 4 is 30.8 Å². The molecule has 0 aliphatic rings. The average Bonchev–Trinajstić information content (AvgIpc) is 1.67. The van der Waals surface area contributed by atoms with Gasteiger partial charge in [0.25, 0.3) is 0 Å². The molecular formula is C2H4IO4P. The maximum atomic E-state index is 10.2. The molecule has 1 atom stereocenters. The van der Waals surface area contributed by atoms with Crippen molar-refractivity contribution in [3.63, 3.8) is 0 Å². The molecule has 1 N–H and O–H groups in total. The van der Waals surface area contributed by atoms with Crippen LogP contribution in [0.15, 0.2) is 12.8 Å². The quantitative estimate of drug-likeness (QED) is 0.469.